The van der Waals surface area contributed by atoms with Crippen molar-refractivity contribution in [1.29, 1.82) is 0 Å². The van der Waals surface area contributed by atoms with Gasteiger partial charge in [0.05, 0.1) is 44.1 Å². The van der Waals surface area contributed by atoms with Gasteiger partial charge in [-0.1, -0.05) is 164 Å². The Morgan fingerprint density at radius 2 is 0.651 bits per heavy atom. The van der Waals surface area contributed by atoms with E-state index in [2.05, 4.69) is 224 Å². The Labute approximate surface area is 362 Å². The summed E-state index contributed by atoms with van der Waals surface area (Å²) in [5, 5.41) is 5.24. The van der Waals surface area contributed by atoms with E-state index in [9.17, 15) is 0 Å². The Bertz CT molecular complexity index is 3590. The lowest BCUT2D eigenvalue weighted by atomic mass is 10.2. The highest BCUT2D eigenvalue weighted by atomic mass is 28.3. The maximum atomic E-state index is 5.46. The summed E-state index contributed by atoms with van der Waals surface area (Å²) < 4.78 is 8.79. The Balaban J connectivity index is 1.09. The third kappa shape index (κ3) is 5.20. The second kappa shape index (κ2) is 13.8. The van der Waals surface area contributed by atoms with Gasteiger partial charge >= 0.3 is 0 Å². The smallest absolute Gasteiger partial charge is 0.221 e. The van der Waals surface area contributed by atoms with E-state index < -0.39 is 8.07 Å². The van der Waals surface area contributed by atoms with Crippen molar-refractivity contribution in [3.8, 4) is 23.0 Å². The first-order chi connectivity index (χ1) is 31.3. The minimum atomic E-state index is -2.76. The van der Waals surface area contributed by atoms with Gasteiger partial charge < -0.3 is 0 Å². The molecule has 0 radical (unpaired) electrons. The third-order valence-corrected chi connectivity index (χ3v) is 17.4. The molecule has 0 N–H and O–H groups in total. The Morgan fingerprint density at radius 3 is 1.08 bits per heavy atom. The van der Waals surface area contributed by atoms with E-state index in [0.29, 0.717) is 17.5 Å². The molecule has 0 atom stereocenters. The Kier molecular flexibility index (Phi) is 7.75. The van der Waals surface area contributed by atoms with Crippen molar-refractivity contribution in [3.05, 3.63) is 218 Å². The maximum Gasteiger partial charge on any atom is 0.221 e. The molecule has 5 heterocycles. The minimum Gasteiger partial charge on any atom is -0.276 e. The summed E-state index contributed by atoms with van der Waals surface area (Å²) in [4.78, 5) is 21.4. The number of fused-ring (bicyclic) bond motifs is 10. The fourth-order valence-electron chi connectivity index (χ4n) is 9.87. The van der Waals surface area contributed by atoms with Gasteiger partial charge in [-0.25, -0.2) is 19.9 Å². The monoisotopic (exact) mass is 824 g/mol. The van der Waals surface area contributed by atoms with Crippen molar-refractivity contribution in [2.75, 3.05) is 0 Å². The molecule has 0 saturated carbocycles. The zero-order valence-corrected chi connectivity index (χ0v) is 34.9. The van der Waals surface area contributed by atoms with E-state index in [1.54, 1.807) is 0 Å². The van der Waals surface area contributed by atoms with Crippen molar-refractivity contribution in [1.82, 2.24) is 37.9 Å². The Morgan fingerprint density at radius 1 is 0.302 bits per heavy atom. The molecule has 0 unspecified atom stereocenters. The van der Waals surface area contributed by atoms with Crippen molar-refractivity contribution in [3.63, 3.8) is 0 Å². The molecule has 63 heavy (non-hydrogen) atoms. The lowest BCUT2D eigenvalue weighted by Gasteiger charge is -2.34. The molecule has 0 fully saturated rings. The van der Waals surface area contributed by atoms with Crippen LogP contribution in [0.1, 0.15) is 0 Å². The molecule has 0 aliphatic heterocycles. The third-order valence-electron chi connectivity index (χ3n) is 12.6. The van der Waals surface area contributed by atoms with Gasteiger partial charge in [0.2, 0.25) is 11.6 Å². The van der Waals surface area contributed by atoms with Crippen LogP contribution in [0.4, 0.5) is 0 Å². The quantitative estimate of drug-likeness (QED) is 0.119. The standard InChI is InChI=1S/C54H36N8Si/c1-4-18-38(19-5-1)63(39-20-6-2-7-21-39,40-22-8-3-9-23-40)41-34-32-37(33-35-41)52-57-50(61-48-30-16-14-28-46(48)59-44-26-12-10-24-42(44)55-53(59)61)36-51(58-52)62-49-31-17-15-29-47(49)60-45-27-13-11-25-43(45)56-54(60)62/h1-36H. The van der Waals surface area contributed by atoms with Crippen LogP contribution in [0.2, 0.25) is 0 Å². The van der Waals surface area contributed by atoms with Crippen LogP contribution in [0, 0.1) is 0 Å². The first-order valence-corrected chi connectivity index (χ1v) is 23.2. The normalized spacial score (nSPS) is 12.1. The zero-order valence-electron chi connectivity index (χ0n) is 33.9. The molecule has 0 aliphatic carbocycles. The van der Waals surface area contributed by atoms with Gasteiger partial charge in [-0.05, 0) is 69.3 Å². The van der Waals surface area contributed by atoms with E-state index >= 15 is 0 Å². The molecule has 0 saturated heterocycles. The molecule has 0 bridgehead atoms. The molecule has 13 rings (SSSR count). The van der Waals surface area contributed by atoms with Crippen molar-refractivity contribution in [2.24, 2.45) is 0 Å². The van der Waals surface area contributed by atoms with Gasteiger partial charge in [-0.15, -0.1) is 0 Å². The lowest BCUT2D eigenvalue weighted by Crippen LogP contribution is -2.74. The van der Waals surface area contributed by atoms with E-state index in [0.717, 1.165) is 61.3 Å². The van der Waals surface area contributed by atoms with Crippen molar-refractivity contribution in [2.45, 2.75) is 0 Å². The lowest BCUT2D eigenvalue weighted by molar-refractivity contribution is 0.970. The highest BCUT2D eigenvalue weighted by molar-refractivity contribution is 7.19. The van der Waals surface area contributed by atoms with E-state index in [4.69, 9.17) is 19.9 Å². The SMILES string of the molecule is c1ccc([Si](c2ccccc2)(c2ccccc2)c2ccc(-c3nc(-n4c5ccccc5n5c6ccccc6nc45)cc(-n4c5ccccc5n5c6ccccc6nc45)n3)cc2)cc1. The molecule has 8 aromatic carbocycles. The molecule has 0 aliphatic rings. The molecule has 296 valence electrons. The van der Waals surface area contributed by atoms with E-state index in [1.165, 1.54) is 20.7 Å². The van der Waals surface area contributed by atoms with Crippen LogP contribution in [0.15, 0.2) is 218 Å². The summed E-state index contributed by atoms with van der Waals surface area (Å²) >= 11 is 0. The largest absolute Gasteiger partial charge is 0.276 e. The summed E-state index contributed by atoms with van der Waals surface area (Å²) in [6.45, 7) is 0. The van der Waals surface area contributed by atoms with Gasteiger partial charge in [-0.2, -0.15) is 0 Å². The molecule has 5 aromatic heterocycles. The van der Waals surface area contributed by atoms with Crippen LogP contribution in [-0.2, 0) is 0 Å². The first-order valence-electron chi connectivity index (χ1n) is 21.2. The summed E-state index contributed by atoms with van der Waals surface area (Å²) in [5.41, 5.74) is 8.90. The Hall–Kier alpha value is -8.40. The summed E-state index contributed by atoms with van der Waals surface area (Å²) in [6, 6.07) is 77.6. The minimum absolute atomic E-state index is 0.597. The van der Waals surface area contributed by atoms with Crippen LogP contribution in [0.3, 0.4) is 0 Å². The van der Waals surface area contributed by atoms with Crippen LogP contribution in [0.25, 0.3) is 78.7 Å². The van der Waals surface area contributed by atoms with Crippen LogP contribution in [-0.4, -0.2) is 45.9 Å². The van der Waals surface area contributed by atoms with Gasteiger partial charge in [0.15, 0.2) is 13.9 Å². The second-order valence-electron chi connectivity index (χ2n) is 16.0. The first kappa shape index (κ1) is 35.4. The summed E-state index contributed by atoms with van der Waals surface area (Å²) in [5.74, 6) is 3.56. The van der Waals surface area contributed by atoms with Gasteiger partial charge in [-0.3, -0.25) is 17.9 Å². The van der Waals surface area contributed by atoms with Gasteiger partial charge in [0.25, 0.3) is 0 Å². The van der Waals surface area contributed by atoms with E-state index in [-0.39, 0.29) is 0 Å². The molecule has 0 spiro atoms. The van der Waals surface area contributed by atoms with Crippen molar-refractivity contribution >= 4 is 84.5 Å². The number of rotatable bonds is 7. The number of hydrogen-bond acceptors (Lipinski definition) is 4. The number of hydrogen-bond donors (Lipinski definition) is 0. The van der Waals surface area contributed by atoms with Crippen molar-refractivity contribution < 1.29 is 0 Å². The van der Waals surface area contributed by atoms with Crippen LogP contribution >= 0.6 is 0 Å². The molecular weight excluding hydrogens is 789 g/mol. The predicted molar refractivity (Wildman–Crippen MR) is 257 cm³/mol. The fourth-order valence-corrected chi connectivity index (χ4v) is 14.6. The molecule has 8 nitrogen and oxygen atoms in total. The van der Waals surface area contributed by atoms with Crippen LogP contribution < -0.4 is 20.7 Å². The number of imidazole rings is 4. The van der Waals surface area contributed by atoms with Crippen LogP contribution in [0.5, 0.6) is 0 Å². The van der Waals surface area contributed by atoms with Gasteiger partial charge in [0.1, 0.15) is 11.6 Å². The number of nitrogens with zero attached hydrogens (tertiary/aromatic N) is 8. The number of aromatic nitrogens is 8. The fraction of sp³-hybridized carbons (Fsp3) is 0. The number of para-hydroxylation sites is 8. The maximum absolute atomic E-state index is 5.46. The topological polar surface area (TPSA) is 70.2 Å². The molecule has 9 heteroatoms. The predicted octanol–water partition coefficient (Wildman–Crippen LogP) is 9.01. The molecule has 0 amide bonds. The number of benzene rings is 8. The average Bonchev–Trinajstić information content (AvgIpc) is 4.09. The summed E-state index contributed by atoms with van der Waals surface area (Å²) in [7, 11) is -2.76. The van der Waals surface area contributed by atoms with Gasteiger partial charge in [0, 0.05) is 11.6 Å². The summed E-state index contributed by atoms with van der Waals surface area (Å²) in [6.07, 6.45) is 0. The van der Waals surface area contributed by atoms with E-state index in [1.807, 2.05) is 12.1 Å². The highest BCUT2D eigenvalue weighted by Crippen LogP contribution is 2.33. The molecular formula is C54H36N8Si. The molecule has 13 aromatic rings. The highest BCUT2D eigenvalue weighted by Gasteiger charge is 2.41. The second-order valence-corrected chi connectivity index (χ2v) is 19.8. The zero-order chi connectivity index (χ0) is 41.5. The average molecular weight is 825 g/mol.